The van der Waals surface area contributed by atoms with Crippen molar-refractivity contribution in [1.29, 1.82) is 0 Å². The van der Waals surface area contributed by atoms with Crippen molar-refractivity contribution in [2.45, 2.75) is 25.3 Å². The zero-order valence-electron chi connectivity index (χ0n) is 12.6. The van der Waals surface area contributed by atoms with Crippen LogP contribution in [0.2, 0.25) is 0 Å². The van der Waals surface area contributed by atoms with Crippen molar-refractivity contribution in [2.75, 3.05) is 5.32 Å². The van der Waals surface area contributed by atoms with E-state index in [4.69, 9.17) is 5.73 Å². The quantitative estimate of drug-likeness (QED) is 0.774. The van der Waals surface area contributed by atoms with Crippen LogP contribution in [0.5, 0.6) is 0 Å². The molecule has 1 aliphatic carbocycles. The molecular formula is C17H17N5O. The lowest BCUT2D eigenvalue weighted by Gasteiger charge is -2.09. The lowest BCUT2D eigenvalue weighted by atomic mass is 10.2. The second kappa shape index (κ2) is 5.48. The van der Waals surface area contributed by atoms with Gasteiger partial charge >= 0.3 is 0 Å². The standard InChI is InChI=1S/C17H17N5O/c18-10-11-2-1-3-13(8-11)20-17(23)14-9-15(12-4-5-12)22-16(21-14)6-7-19-22/h1-3,6-9,12H,4-5,10,18H2,(H,20,23). The molecule has 23 heavy (non-hydrogen) atoms. The van der Waals surface area contributed by atoms with Gasteiger partial charge in [-0.05, 0) is 36.6 Å². The summed E-state index contributed by atoms with van der Waals surface area (Å²) in [6.07, 6.45) is 3.98. The Morgan fingerprint density at radius 1 is 1.30 bits per heavy atom. The summed E-state index contributed by atoms with van der Waals surface area (Å²) < 4.78 is 1.82. The number of aromatic nitrogens is 3. The van der Waals surface area contributed by atoms with E-state index in [9.17, 15) is 4.79 Å². The maximum atomic E-state index is 12.5. The van der Waals surface area contributed by atoms with E-state index in [1.54, 1.807) is 6.20 Å². The molecular weight excluding hydrogens is 290 g/mol. The van der Waals surface area contributed by atoms with E-state index in [2.05, 4.69) is 15.4 Å². The number of carbonyl (C=O) groups excluding carboxylic acids is 1. The number of amides is 1. The fraction of sp³-hybridized carbons (Fsp3) is 0.235. The summed E-state index contributed by atoms with van der Waals surface area (Å²) in [6.45, 7) is 0.440. The Balaban J connectivity index is 1.66. The first-order chi connectivity index (χ1) is 11.2. The molecule has 116 valence electrons. The number of fused-ring (bicyclic) bond motifs is 1. The first-order valence-electron chi connectivity index (χ1n) is 7.69. The normalized spacial score (nSPS) is 14.1. The summed E-state index contributed by atoms with van der Waals surface area (Å²) in [5, 5.41) is 7.19. The van der Waals surface area contributed by atoms with Crippen LogP contribution in [-0.2, 0) is 6.54 Å². The highest BCUT2D eigenvalue weighted by molar-refractivity contribution is 6.03. The van der Waals surface area contributed by atoms with Gasteiger partial charge in [0.1, 0.15) is 5.69 Å². The zero-order chi connectivity index (χ0) is 15.8. The molecule has 1 fully saturated rings. The fourth-order valence-corrected chi connectivity index (χ4v) is 2.69. The summed E-state index contributed by atoms with van der Waals surface area (Å²) in [5.74, 6) is 0.261. The second-order valence-corrected chi connectivity index (χ2v) is 5.80. The van der Waals surface area contributed by atoms with Crippen LogP contribution in [0.4, 0.5) is 5.69 Å². The zero-order valence-corrected chi connectivity index (χ0v) is 12.6. The monoisotopic (exact) mass is 307 g/mol. The number of carbonyl (C=O) groups is 1. The molecule has 1 aromatic carbocycles. The van der Waals surface area contributed by atoms with E-state index in [0.29, 0.717) is 23.8 Å². The molecule has 1 amide bonds. The second-order valence-electron chi connectivity index (χ2n) is 5.80. The highest BCUT2D eigenvalue weighted by Crippen LogP contribution is 2.40. The Labute approximate surface area is 133 Å². The molecule has 6 nitrogen and oxygen atoms in total. The average Bonchev–Trinajstić information content (AvgIpc) is 3.31. The van der Waals surface area contributed by atoms with Gasteiger partial charge in [-0.2, -0.15) is 5.10 Å². The minimum absolute atomic E-state index is 0.218. The minimum Gasteiger partial charge on any atom is -0.326 e. The predicted molar refractivity (Wildman–Crippen MR) is 87.2 cm³/mol. The predicted octanol–water partition coefficient (Wildman–Crippen LogP) is 2.32. The maximum Gasteiger partial charge on any atom is 0.274 e. The number of hydrogen-bond donors (Lipinski definition) is 2. The van der Waals surface area contributed by atoms with Gasteiger partial charge in [0.15, 0.2) is 5.65 Å². The Morgan fingerprint density at radius 3 is 2.96 bits per heavy atom. The van der Waals surface area contributed by atoms with Crippen molar-refractivity contribution in [2.24, 2.45) is 5.73 Å². The first kappa shape index (κ1) is 13.9. The third-order valence-corrected chi connectivity index (χ3v) is 4.04. The molecule has 2 heterocycles. The molecule has 4 rings (SSSR count). The molecule has 2 aromatic heterocycles. The van der Waals surface area contributed by atoms with Gasteiger partial charge in [-0.3, -0.25) is 4.79 Å². The van der Waals surface area contributed by atoms with E-state index >= 15 is 0 Å². The topological polar surface area (TPSA) is 85.3 Å². The van der Waals surface area contributed by atoms with Crippen molar-refractivity contribution in [3.63, 3.8) is 0 Å². The summed E-state index contributed by atoms with van der Waals surface area (Å²) in [7, 11) is 0. The number of nitrogens with two attached hydrogens (primary N) is 1. The summed E-state index contributed by atoms with van der Waals surface area (Å²) in [4.78, 5) is 16.9. The van der Waals surface area contributed by atoms with Gasteiger partial charge in [0, 0.05) is 29.9 Å². The van der Waals surface area contributed by atoms with Crippen molar-refractivity contribution in [1.82, 2.24) is 14.6 Å². The Morgan fingerprint density at radius 2 is 2.17 bits per heavy atom. The highest BCUT2D eigenvalue weighted by Gasteiger charge is 2.28. The maximum absolute atomic E-state index is 12.5. The van der Waals surface area contributed by atoms with Crippen LogP contribution in [0.15, 0.2) is 42.6 Å². The van der Waals surface area contributed by atoms with Crippen molar-refractivity contribution < 1.29 is 4.79 Å². The molecule has 0 unspecified atom stereocenters. The summed E-state index contributed by atoms with van der Waals surface area (Å²) in [5.41, 5.74) is 9.51. The van der Waals surface area contributed by atoms with Gasteiger partial charge < -0.3 is 11.1 Å². The minimum atomic E-state index is -0.218. The SMILES string of the molecule is NCc1cccc(NC(=O)c2cc(C3CC3)n3nccc3n2)c1. The smallest absolute Gasteiger partial charge is 0.274 e. The number of rotatable bonds is 4. The van der Waals surface area contributed by atoms with E-state index in [1.807, 2.05) is 40.9 Å². The van der Waals surface area contributed by atoms with E-state index < -0.39 is 0 Å². The van der Waals surface area contributed by atoms with Crippen LogP contribution in [0, 0.1) is 0 Å². The molecule has 0 radical (unpaired) electrons. The molecule has 3 N–H and O–H groups in total. The van der Waals surface area contributed by atoms with Crippen LogP contribution in [-0.4, -0.2) is 20.5 Å². The van der Waals surface area contributed by atoms with Gasteiger partial charge in [0.25, 0.3) is 5.91 Å². The lowest BCUT2D eigenvalue weighted by molar-refractivity contribution is 0.102. The Hall–Kier alpha value is -2.73. The first-order valence-corrected chi connectivity index (χ1v) is 7.69. The molecule has 0 aliphatic heterocycles. The van der Waals surface area contributed by atoms with Crippen LogP contribution in [0.25, 0.3) is 5.65 Å². The van der Waals surface area contributed by atoms with Gasteiger partial charge in [-0.1, -0.05) is 12.1 Å². The van der Waals surface area contributed by atoms with Gasteiger partial charge in [0.2, 0.25) is 0 Å². The van der Waals surface area contributed by atoms with Crippen LogP contribution >= 0.6 is 0 Å². The number of nitrogens with zero attached hydrogens (tertiary/aromatic N) is 3. The van der Waals surface area contributed by atoms with Gasteiger partial charge in [-0.15, -0.1) is 0 Å². The molecule has 3 aromatic rings. The van der Waals surface area contributed by atoms with Gasteiger partial charge in [0.05, 0.1) is 6.20 Å². The van der Waals surface area contributed by atoms with Crippen molar-refractivity contribution in [3.05, 3.63) is 59.5 Å². The van der Waals surface area contributed by atoms with E-state index in [-0.39, 0.29) is 5.91 Å². The number of nitrogens with one attached hydrogen (secondary N) is 1. The summed E-state index contributed by atoms with van der Waals surface area (Å²) in [6, 6.07) is 11.2. The molecule has 1 saturated carbocycles. The lowest BCUT2D eigenvalue weighted by Crippen LogP contribution is -2.16. The van der Waals surface area contributed by atoms with Crippen molar-refractivity contribution >= 4 is 17.2 Å². The van der Waals surface area contributed by atoms with E-state index in [0.717, 1.165) is 29.8 Å². The Bertz CT molecular complexity index is 882. The largest absolute Gasteiger partial charge is 0.326 e. The molecule has 0 bridgehead atoms. The molecule has 1 aliphatic rings. The number of benzene rings is 1. The van der Waals surface area contributed by atoms with E-state index in [1.165, 1.54) is 0 Å². The third kappa shape index (κ3) is 2.68. The number of anilines is 1. The van der Waals surface area contributed by atoms with Gasteiger partial charge in [-0.25, -0.2) is 9.50 Å². The van der Waals surface area contributed by atoms with Crippen LogP contribution in [0.3, 0.4) is 0 Å². The van der Waals surface area contributed by atoms with Crippen molar-refractivity contribution in [3.8, 4) is 0 Å². The van der Waals surface area contributed by atoms with Crippen LogP contribution in [0.1, 0.15) is 40.5 Å². The average molecular weight is 307 g/mol. The summed E-state index contributed by atoms with van der Waals surface area (Å²) >= 11 is 0. The fourth-order valence-electron chi connectivity index (χ4n) is 2.69. The number of hydrogen-bond acceptors (Lipinski definition) is 4. The molecule has 6 heteroatoms. The molecule has 0 atom stereocenters. The molecule has 0 spiro atoms. The Kier molecular flexibility index (Phi) is 3.31. The molecule has 0 saturated heterocycles. The highest BCUT2D eigenvalue weighted by atomic mass is 16.1. The third-order valence-electron chi connectivity index (χ3n) is 4.04. The van der Waals surface area contributed by atoms with Crippen LogP contribution < -0.4 is 11.1 Å².